The van der Waals surface area contributed by atoms with Gasteiger partial charge in [0.15, 0.2) is 0 Å². The van der Waals surface area contributed by atoms with Crippen LogP contribution in [0.3, 0.4) is 0 Å². The fourth-order valence-corrected chi connectivity index (χ4v) is 2.28. The van der Waals surface area contributed by atoms with Crippen LogP contribution in [0.1, 0.15) is 39.4 Å². The number of nitrogens with zero attached hydrogens (tertiary/aromatic N) is 1. The second-order valence-corrected chi connectivity index (χ2v) is 6.85. The van der Waals surface area contributed by atoms with Gasteiger partial charge >= 0.3 is 0 Å². The molecule has 1 N–H and O–H groups in total. The van der Waals surface area contributed by atoms with Gasteiger partial charge in [-0.05, 0) is 27.7 Å². The molecule has 1 aromatic heterocycles. The van der Waals surface area contributed by atoms with Crippen LogP contribution in [0.4, 0.5) is 0 Å². The zero-order valence-electron chi connectivity index (χ0n) is 9.90. The molecule has 0 saturated carbocycles. The summed E-state index contributed by atoms with van der Waals surface area (Å²) in [4.78, 5) is 4.17. The van der Waals surface area contributed by atoms with E-state index < -0.39 is 11.0 Å². The van der Waals surface area contributed by atoms with Gasteiger partial charge in [-0.2, -0.15) is 27.0 Å². The van der Waals surface area contributed by atoms with E-state index in [9.17, 15) is 4.21 Å². The first-order chi connectivity index (χ1) is 6.41. The number of aromatic nitrogens is 1. The van der Waals surface area contributed by atoms with E-state index in [1.807, 2.05) is 33.1 Å². The average Bonchev–Trinajstić information content (AvgIpc) is 2.53. The van der Waals surface area contributed by atoms with Gasteiger partial charge in [-0.25, -0.2) is 13.9 Å². The van der Waals surface area contributed by atoms with Crippen LogP contribution >= 0.6 is 38.3 Å². The van der Waals surface area contributed by atoms with Crippen LogP contribution in [-0.4, -0.2) is 13.9 Å². The molecule has 96 valence electrons. The lowest BCUT2D eigenvalue weighted by atomic mass is 10.3. The lowest BCUT2D eigenvalue weighted by molar-refractivity contribution is 0.612. The highest BCUT2D eigenvalue weighted by molar-refractivity contribution is 7.84. The Hall–Kier alpha value is 0.440. The maximum absolute atomic E-state index is 11.7. The topological polar surface area (TPSA) is 42.0 Å². The van der Waals surface area contributed by atoms with Gasteiger partial charge in [0, 0.05) is 5.38 Å². The molecule has 0 aliphatic carbocycles. The van der Waals surface area contributed by atoms with Crippen molar-refractivity contribution in [1.82, 2.24) is 9.71 Å². The van der Waals surface area contributed by atoms with Gasteiger partial charge in [0.1, 0.15) is 0 Å². The summed E-state index contributed by atoms with van der Waals surface area (Å²) in [5, 5.41) is 1.97. The molecule has 16 heavy (non-hydrogen) atoms. The third-order valence-corrected chi connectivity index (χ3v) is 4.02. The van der Waals surface area contributed by atoms with E-state index in [0.717, 1.165) is 5.69 Å². The smallest absolute Gasteiger partial charge is 0.0976 e. The molecular weight excluding hydrogens is 280 g/mol. The summed E-state index contributed by atoms with van der Waals surface area (Å²) in [6.07, 6.45) is 0. The minimum Gasteiger partial charge on any atom is -0.248 e. The van der Waals surface area contributed by atoms with Crippen LogP contribution in [0, 0.1) is 0 Å². The van der Waals surface area contributed by atoms with Gasteiger partial charge in [0.05, 0.1) is 33.0 Å². The quantitative estimate of drug-likeness (QED) is 0.932. The number of nitrogens with one attached hydrogen (secondary N) is 1. The Morgan fingerprint density at radius 1 is 1.44 bits per heavy atom. The molecule has 1 aromatic rings. The molecule has 0 bridgehead atoms. The summed E-state index contributed by atoms with van der Waals surface area (Å²) in [6.45, 7) is 7.82. The van der Waals surface area contributed by atoms with E-state index in [-0.39, 0.29) is 37.8 Å². The molecule has 0 unspecified atom stereocenters. The standard InChI is InChI=1S/C9H16N2OS2.2H2S/c1-7(8-5-13-6-10-8)11-14(12)9(2,3)4;;/h5-7,11H,1-4H3;2*1H2/t7-,14-;;/m0../s1. The number of hydrogen-bond acceptors (Lipinski definition) is 3. The minimum absolute atomic E-state index is 0. The first-order valence-electron chi connectivity index (χ1n) is 4.47. The lowest BCUT2D eigenvalue weighted by Crippen LogP contribution is -2.34. The zero-order valence-corrected chi connectivity index (χ0v) is 13.5. The molecular formula is C9H20N2OS4. The van der Waals surface area contributed by atoms with Crippen molar-refractivity contribution in [1.29, 1.82) is 0 Å². The summed E-state index contributed by atoms with van der Waals surface area (Å²) in [5.41, 5.74) is 2.74. The molecule has 0 fully saturated rings. The Balaban J connectivity index is 0. The second kappa shape index (κ2) is 7.71. The Morgan fingerprint density at radius 3 is 2.38 bits per heavy atom. The molecule has 2 atom stereocenters. The van der Waals surface area contributed by atoms with Gasteiger partial charge in [0.25, 0.3) is 0 Å². The van der Waals surface area contributed by atoms with Gasteiger partial charge in [-0.1, -0.05) is 0 Å². The van der Waals surface area contributed by atoms with Crippen LogP contribution in [0.25, 0.3) is 0 Å². The molecule has 0 saturated heterocycles. The van der Waals surface area contributed by atoms with Crippen molar-refractivity contribution in [3.63, 3.8) is 0 Å². The van der Waals surface area contributed by atoms with Crippen LogP contribution in [0.15, 0.2) is 10.9 Å². The summed E-state index contributed by atoms with van der Waals surface area (Å²) < 4.78 is 14.6. The first kappa shape index (κ1) is 18.8. The molecule has 0 aliphatic rings. The van der Waals surface area contributed by atoms with E-state index in [2.05, 4.69) is 9.71 Å². The number of hydrogen-bond donors (Lipinski definition) is 1. The SMILES string of the molecule is C[C@H](N[S@@](=O)C(C)(C)C)c1cscn1.S.S. The van der Waals surface area contributed by atoms with E-state index in [1.54, 1.807) is 16.8 Å². The van der Waals surface area contributed by atoms with Gasteiger partial charge < -0.3 is 0 Å². The summed E-state index contributed by atoms with van der Waals surface area (Å²) in [6, 6.07) is 0.0429. The highest BCUT2D eigenvalue weighted by Gasteiger charge is 2.22. The molecule has 0 radical (unpaired) electrons. The third kappa shape index (κ3) is 5.67. The van der Waals surface area contributed by atoms with Gasteiger partial charge in [-0.3, -0.25) is 0 Å². The molecule has 3 nitrogen and oxygen atoms in total. The van der Waals surface area contributed by atoms with Crippen molar-refractivity contribution in [3.8, 4) is 0 Å². The highest BCUT2D eigenvalue weighted by atomic mass is 32.2. The molecule has 0 aromatic carbocycles. The first-order valence-corrected chi connectivity index (χ1v) is 6.56. The zero-order chi connectivity index (χ0) is 10.8. The maximum Gasteiger partial charge on any atom is 0.0976 e. The molecule has 1 heterocycles. The van der Waals surface area contributed by atoms with Crippen molar-refractivity contribution >= 4 is 49.3 Å². The van der Waals surface area contributed by atoms with E-state index in [1.165, 1.54) is 0 Å². The van der Waals surface area contributed by atoms with E-state index in [4.69, 9.17) is 0 Å². The van der Waals surface area contributed by atoms with Crippen molar-refractivity contribution in [3.05, 3.63) is 16.6 Å². The summed E-state index contributed by atoms with van der Waals surface area (Å²) in [5.74, 6) is 0. The fraction of sp³-hybridized carbons (Fsp3) is 0.667. The lowest BCUT2D eigenvalue weighted by Gasteiger charge is -2.20. The molecule has 0 aliphatic heterocycles. The fourth-order valence-electron chi connectivity index (χ4n) is 0.833. The Morgan fingerprint density at radius 2 is 2.00 bits per heavy atom. The normalized spacial score (nSPS) is 14.5. The van der Waals surface area contributed by atoms with Crippen LogP contribution < -0.4 is 4.72 Å². The van der Waals surface area contributed by atoms with Gasteiger partial charge in [0.2, 0.25) is 0 Å². The summed E-state index contributed by atoms with van der Waals surface area (Å²) in [7, 11) is -1.04. The Bertz CT molecular complexity index is 308. The number of thiazole rings is 1. The predicted molar refractivity (Wildman–Crippen MR) is 82.3 cm³/mol. The minimum atomic E-state index is -1.04. The largest absolute Gasteiger partial charge is 0.248 e. The second-order valence-electron chi connectivity index (χ2n) is 4.13. The van der Waals surface area contributed by atoms with Crippen LogP contribution in [0.2, 0.25) is 0 Å². The molecule has 7 heteroatoms. The van der Waals surface area contributed by atoms with Crippen molar-refractivity contribution in [2.24, 2.45) is 0 Å². The van der Waals surface area contributed by atoms with Crippen LogP contribution in [-0.2, 0) is 11.0 Å². The van der Waals surface area contributed by atoms with E-state index >= 15 is 0 Å². The van der Waals surface area contributed by atoms with Crippen molar-refractivity contribution < 1.29 is 4.21 Å². The predicted octanol–water partition coefficient (Wildman–Crippen LogP) is 2.48. The molecule has 1 rings (SSSR count). The maximum atomic E-state index is 11.7. The molecule has 0 spiro atoms. The Labute approximate surface area is 118 Å². The third-order valence-electron chi connectivity index (χ3n) is 1.74. The highest BCUT2D eigenvalue weighted by Crippen LogP contribution is 2.16. The van der Waals surface area contributed by atoms with E-state index in [0.29, 0.717) is 0 Å². The van der Waals surface area contributed by atoms with Gasteiger partial charge in [-0.15, -0.1) is 11.3 Å². The van der Waals surface area contributed by atoms with Crippen molar-refractivity contribution in [2.45, 2.75) is 38.5 Å². The number of rotatable bonds is 3. The van der Waals surface area contributed by atoms with Crippen molar-refractivity contribution in [2.75, 3.05) is 0 Å². The Kier molecular flexibility index (Phi) is 9.05. The monoisotopic (exact) mass is 300 g/mol. The summed E-state index contributed by atoms with van der Waals surface area (Å²) >= 11 is 1.55. The average molecular weight is 301 g/mol. The molecule has 0 amide bonds. The van der Waals surface area contributed by atoms with Crippen LogP contribution in [0.5, 0.6) is 0 Å².